The van der Waals surface area contributed by atoms with Crippen LogP contribution in [0.3, 0.4) is 0 Å². The van der Waals surface area contributed by atoms with Crippen molar-refractivity contribution in [2.45, 2.75) is 44.9 Å². The molecule has 3 aliphatic carbocycles. The summed E-state index contributed by atoms with van der Waals surface area (Å²) in [6.45, 7) is 2.80. The molecule has 0 spiro atoms. The van der Waals surface area contributed by atoms with Gasteiger partial charge >= 0.3 is 0 Å². The lowest BCUT2D eigenvalue weighted by molar-refractivity contribution is 0.0884. The smallest absolute Gasteiger partial charge is 0.251 e. The Morgan fingerprint density at radius 2 is 2.12 bits per heavy atom. The summed E-state index contributed by atoms with van der Waals surface area (Å²) in [4.78, 5) is 16.6. The number of pyridine rings is 1. The number of amides is 1. The first-order valence-corrected chi connectivity index (χ1v) is 13.6. The van der Waals surface area contributed by atoms with Crippen LogP contribution in [0.25, 0.3) is 5.57 Å². The van der Waals surface area contributed by atoms with Crippen molar-refractivity contribution in [2.24, 2.45) is 17.3 Å². The van der Waals surface area contributed by atoms with Crippen molar-refractivity contribution >= 4 is 22.3 Å². The van der Waals surface area contributed by atoms with Gasteiger partial charge < -0.3 is 5.32 Å². The van der Waals surface area contributed by atoms with Crippen LogP contribution in [0.15, 0.2) is 42.7 Å². The molecule has 6 heteroatoms. The molecule has 0 bridgehead atoms. The topological polar surface area (TPSA) is 59.1 Å². The van der Waals surface area contributed by atoms with Gasteiger partial charge in [-0.05, 0) is 95.7 Å². The van der Waals surface area contributed by atoms with Gasteiger partial charge in [-0.15, -0.1) is 0 Å². The molecule has 1 amide bonds. The zero-order valence-corrected chi connectivity index (χ0v) is 20.1. The van der Waals surface area contributed by atoms with E-state index in [1.54, 1.807) is 18.5 Å². The van der Waals surface area contributed by atoms with Crippen molar-refractivity contribution in [1.29, 1.82) is 0 Å². The number of nitrogens with zero attached hydrogens (tertiary/aromatic N) is 1. The predicted molar refractivity (Wildman–Crippen MR) is 130 cm³/mol. The third-order valence-corrected chi connectivity index (χ3v) is 9.04. The van der Waals surface area contributed by atoms with Gasteiger partial charge in [0, 0.05) is 41.1 Å². The molecule has 4 nitrogen and oxygen atoms in total. The van der Waals surface area contributed by atoms with Crippen LogP contribution in [0, 0.1) is 23.1 Å². The first kappa shape index (κ1) is 22.5. The van der Waals surface area contributed by atoms with E-state index in [2.05, 4.69) is 35.4 Å². The normalized spacial score (nSPS) is 28.8. The molecule has 0 saturated heterocycles. The maximum atomic E-state index is 13.9. The van der Waals surface area contributed by atoms with Gasteiger partial charge in [0.05, 0.1) is 6.20 Å². The Balaban J connectivity index is 1.34. The molecule has 1 N–H and O–H groups in total. The van der Waals surface area contributed by atoms with Crippen LogP contribution in [0.4, 0.5) is 4.39 Å². The molecule has 5 unspecified atom stereocenters. The molecule has 1 fully saturated rings. The lowest BCUT2D eigenvalue weighted by Gasteiger charge is -2.50. The van der Waals surface area contributed by atoms with Crippen LogP contribution in [-0.4, -0.2) is 33.7 Å². The number of hydrogen-bond acceptors (Lipinski definition) is 3. The number of aromatic nitrogens is 1. The Morgan fingerprint density at radius 1 is 1.27 bits per heavy atom. The number of aryl methyl sites for hydroxylation is 1. The molecule has 0 aliphatic heterocycles. The fourth-order valence-electron chi connectivity index (χ4n) is 6.71. The summed E-state index contributed by atoms with van der Waals surface area (Å²) in [6, 6.07) is 7.80. The first-order valence-electron chi connectivity index (χ1n) is 11.9. The molecule has 3 aliphatic rings. The van der Waals surface area contributed by atoms with E-state index in [1.165, 1.54) is 22.9 Å². The van der Waals surface area contributed by atoms with Crippen LogP contribution in [0.1, 0.15) is 65.6 Å². The molecule has 5 rings (SSSR count). The highest BCUT2D eigenvalue weighted by molar-refractivity contribution is 7.84. The van der Waals surface area contributed by atoms with Gasteiger partial charge in [-0.3, -0.25) is 14.0 Å². The number of halogens is 1. The van der Waals surface area contributed by atoms with Gasteiger partial charge in [0.25, 0.3) is 5.91 Å². The summed E-state index contributed by atoms with van der Waals surface area (Å²) in [7, 11) is -0.908. The van der Waals surface area contributed by atoms with Gasteiger partial charge in [-0.2, -0.15) is 0 Å². The molecule has 5 atom stereocenters. The SMILES string of the molecule is CS(=O)CCNC(=O)c1ccc2c(c1)CCC1C2CCC2(C)C(c3cncc(F)c3)=CCC12. The van der Waals surface area contributed by atoms with E-state index >= 15 is 0 Å². The van der Waals surface area contributed by atoms with Crippen LogP contribution in [0.2, 0.25) is 0 Å². The van der Waals surface area contributed by atoms with E-state index in [9.17, 15) is 13.4 Å². The van der Waals surface area contributed by atoms with Gasteiger partial charge in [0.1, 0.15) is 5.82 Å². The number of allylic oxidation sites excluding steroid dienone is 2. The Morgan fingerprint density at radius 3 is 2.91 bits per heavy atom. The third kappa shape index (κ3) is 4.07. The van der Waals surface area contributed by atoms with Crippen molar-refractivity contribution in [3.8, 4) is 0 Å². The van der Waals surface area contributed by atoms with Crippen molar-refractivity contribution in [2.75, 3.05) is 18.6 Å². The number of rotatable bonds is 5. The molecular weight excluding hydrogens is 435 g/mol. The van der Waals surface area contributed by atoms with Crippen LogP contribution in [-0.2, 0) is 17.2 Å². The summed E-state index contributed by atoms with van der Waals surface area (Å²) in [5.74, 6) is 1.79. The molecule has 1 heterocycles. The second kappa shape index (κ2) is 8.79. The predicted octanol–water partition coefficient (Wildman–Crippen LogP) is 4.88. The fraction of sp³-hybridized carbons (Fsp3) is 0.481. The summed E-state index contributed by atoms with van der Waals surface area (Å²) in [5.41, 5.74) is 5.65. The molecule has 33 heavy (non-hydrogen) atoms. The molecule has 1 saturated carbocycles. The van der Waals surface area contributed by atoms with E-state index in [0.29, 0.717) is 35.6 Å². The van der Waals surface area contributed by atoms with Gasteiger partial charge in [-0.1, -0.05) is 19.1 Å². The maximum absolute atomic E-state index is 13.9. The maximum Gasteiger partial charge on any atom is 0.251 e. The molecular formula is C27H31FN2O2S. The monoisotopic (exact) mass is 466 g/mol. The zero-order chi connectivity index (χ0) is 23.2. The number of benzene rings is 1. The standard InChI is InChI=1S/C27H31FN2O2S/c1-27-10-9-22-21-5-4-18(26(31)30-11-12-33(2)32)13-17(21)3-6-23(22)25(27)8-7-24(27)19-14-20(28)16-29-15-19/h4-5,7,13-16,22-23,25H,3,6,8-12H2,1-2H3,(H,30,31). The van der Waals surface area contributed by atoms with Gasteiger partial charge in [0.2, 0.25) is 0 Å². The minimum atomic E-state index is -0.908. The highest BCUT2D eigenvalue weighted by Gasteiger charge is 2.52. The van der Waals surface area contributed by atoms with E-state index < -0.39 is 10.8 Å². The average Bonchev–Trinajstić information content (AvgIpc) is 3.15. The largest absolute Gasteiger partial charge is 0.351 e. The summed E-state index contributed by atoms with van der Waals surface area (Å²) in [6.07, 6.45) is 12.4. The minimum Gasteiger partial charge on any atom is -0.351 e. The molecule has 1 aromatic carbocycles. The van der Waals surface area contributed by atoms with E-state index in [4.69, 9.17) is 0 Å². The van der Waals surface area contributed by atoms with Gasteiger partial charge in [-0.25, -0.2) is 4.39 Å². The summed E-state index contributed by atoms with van der Waals surface area (Å²) < 4.78 is 25.1. The number of nitrogens with one attached hydrogen (secondary N) is 1. The highest BCUT2D eigenvalue weighted by Crippen LogP contribution is 2.63. The average molecular weight is 467 g/mol. The highest BCUT2D eigenvalue weighted by atomic mass is 32.2. The molecule has 174 valence electrons. The zero-order valence-electron chi connectivity index (χ0n) is 19.3. The number of hydrogen-bond donors (Lipinski definition) is 1. The van der Waals surface area contributed by atoms with Crippen LogP contribution < -0.4 is 5.32 Å². The lowest BCUT2D eigenvalue weighted by atomic mass is 9.54. The van der Waals surface area contributed by atoms with Crippen molar-refractivity contribution in [3.05, 3.63) is 70.8 Å². The van der Waals surface area contributed by atoms with E-state index in [0.717, 1.165) is 37.7 Å². The number of fused-ring (bicyclic) bond motifs is 5. The fourth-order valence-corrected chi connectivity index (χ4v) is 7.10. The van der Waals surface area contributed by atoms with E-state index in [1.807, 2.05) is 6.07 Å². The Hall–Kier alpha value is -2.34. The minimum absolute atomic E-state index is 0.0628. The van der Waals surface area contributed by atoms with Crippen molar-refractivity contribution in [1.82, 2.24) is 10.3 Å². The second-order valence-electron chi connectivity index (χ2n) is 10.1. The third-order valence-electron chi connectivity index (χ3n) is 8.26. The second-order valence-corrected chi connectivity index (χ2v) is 11.6. The molecule has 0 radical (unpaired) electrons. The summed E-state index contributed by atoms with van der Waals surface area (Å²) in [5, 5.41) is 2.88. The van der Waals surface area contributed by atoms with Crippen molar-refractivity contribution in [3.63, 3.8) is 0 Å². The van der Waals surface area contributed by atoms with Crippen LogP contribution >= 0.6 is 0 Å². The number of carbonyl (C=O) groups is 1. The lowest BCUT2D eigenvalue weighted by Crippen LogP contribution is -2.41. The van der Waals surface area contributed by atoms with Crippen LogP contribution in [0.5, 0.6) is 0 Å². The Labute approximate surface area is 197 Å². The molecule has 2 aromatic rings. The Kier molecular flexibility index (Phi) is 5.98. The van der Waals surface area contributed by atoms with Crippen molar-refractivity contribution < 1.29 is 13.4 Å². The first-order chi connectivity index (χ1) is 15.9. The number of carbonyl (C=O) groups excluding carboxylic acids is 1. The van der Waals surface area contributed by atoms with Gasteiger partial charge in [0.15, 0.2) is 0 Å². The summed E-state index contributed by atoms with van der Waals surface area (Å²) >= 11 is 0. The quantitative estimate of drug-likeness (QED) is 0.683. The molecule has 1 aromatic heterocycles. The van der Waals surface area contributed by atoms with E-state index in [-0.39, 0.29) is 17.1 Å². The Bertz CT molecular complexity index is 1150.